The molecule has 1 amide bonds. The first-order valence-electron chi connectivity index (χ1n) is 7.13. The molecule has 23 heavy (non-hydrogen) atoms. The van der Waals surface area contributed by atoms with Crippen LogP contribution in [-0.2, 0) is 11.3 Å². The molecule has 3 nitrogen and oxygen atoms in total. The van der Waals surface area contributed by atoms with Crippen molar-refractivity contribution in [2.45, 2.75) is 13.0 Å². The third-order valence-electron chi connectivity index (χ3n) is 3.35. The van der Waals surface area contributed by atoms with Gasteiger partial charge >= 0.3 is 0 Å². The lowest BCUT2D eigenvalue weighted by Crippen LogP contribution is -2.24. The summed E-state index contributed by atoms with van der Waals surface area (Å²) in [5.74, 6) is -0.112. The maximum atomic E-state index is 12.1. The van der Waals surface area contributed by atoms with E-state index >= 15 is 0 Å². The Morgan fingerprint density at radius 1 is 1.13 bits per heavy atom. The van der Waals surface area contributed by atoms with Crippen LogP contribution in [0.25, 0.3) is 0 Å². The number of amides is 1. The molecule has 0 aliphatic heterocycles. The summed E-state index contributed by atoms with van der Waals surface area (Å²) in [6.45, 7) is 1.40. The van der Waals surface area contributed by atoms with Gasteiger partial charge in [-0.05, 0) is 30.8 Å². The molecule has 0 bridgehead atoms. The van der Waals surface area contributed by atoms with Gasteiger partial charge in [0.1, 0.15) is 0 Å². The standard InChI is InChI=1S/C17H17BrCl2N2O/c1-22(11-12-5-2-3-6-13(12)18)10-9-16(23)21-17-14(19)7-4-8-15(17)20/h2-8H,9-11H2,1H3,(H,21,23). The first-order chi connectivity index (χ1) is 11.0. The van der Waals surface area contributed by atoms with E-state index in [1.807, 2.05) is 25.2 Å². The number of anilines is 1. The summed E-state index contributed by atoms with van der Waals surface area (Å²) in [7, 11) is 1.98. The number of hydrogen-bond donors (Lipinski definition) is 1. The highest BCUT2D eigenvalue weighted by atomic mass is 79.9. The SMILES string of the molecule is CN(CCC(=O)Nc1c(Cl)cccc1Cl)Cc1ccccc1Br. The molecule has 0 aliphatic carbocycles. The number of benzene rings is 2. The fraction of sp³-hybridized carbons (Fsp3) is 0.235. The van der Waals surface area contributed by atoms with Gasteiger partial charge in [-0.2, -0.15) is 0 Å². The van der Waals surface area contributed by atoms with Crippen molar-refractivity contribution in [2.24, 2.45) is 0 Å². The van der Waals surface area contributed by atoms with E-state index in [1.165, 1.54) is 5.56 Å². The summed E-state index contributed by atoms with van der Waals surface area (Å²) in [5, 5.41) is 3.65. The molecule has 0 spiro atoms. The van der Waals surface area contributed by atoms with E-state index < -0.39 is 0 Å². The molecule has 6 heteroatoms. The molecule has 0 saturated carbocycles. The summed E-state index contributed by atoms with van der Waals surface area (Å²) < 4.78 is 1.07. The third-order valence-corrected chi connectivity index (χ3v) is 4.75. The van der Waals surface area contributed by atoms with Gasteiger partial charge in [-0.25, -0.2) is 0 Å². The van der Waals surface area contributed by atoms with Crippen molar-refractivity contribution in [1.29, 1.82) is 0 Å². The van der Waals surface area contributed by atoms with E-state index in [2.05, 4.69) is 32.2 Å². The summed E-state index contributed by atoms with van der Waals surface area (Å²) in [4.78, 5) is 14.2. The van der Waals surface area contributed by atoms with Crippen molar-refractivity contribution in [3.63, 3.8) is 0 Å². The minimum Gasteiger partial charge on any atom is -0.324 e. The molecule has 0 heterocycles. The average Bonchev–Trinajstić information content (AvgIpc) is 2.51. The maximum Gasteiger partial charge on any atom is 0.225 e. The summed E-state index contributed by atoms with van der Waals surface area (Å²) in [6.07, 6.45) is 0.364. The van der Waals surface area contributed by atoms with Crippen LogP contribution in [0.4, 0.5) is 5.69 Å². The predicted octanol–water partition coefficient (Wildman–Crippen LogP) is 5.22. The molecule has 0 aliphatic rings. The minimum atomic E-state index is -0.112. The predicted molar refractivity (Wildman–Crippen MR) is 100 cm³/mol. The second kappa shape index (κ2) is 8.69. The van der Waals surface area contributed by atoms with Crippen molar-refractivity contribution in [1.82, 2.24) is 4.90 Å². The van der Waals surface area contributed by atoms with Crippen molar-refractivity contribution < 1.29 is 4.79 Å². The molecule has 2 rings (SSSR count). The molecular formula is C17H17BrCl2N2O. The Labute approximate surface area is 154 Å². The van der Waals surface area contributed by atoms with E-state index in [1.54, 1.807) is 18.2 Å². The van der Waals surface area contributed by atoms with Crippen LogP contribution in [0.3, 0.4) is 0 Å². The van der Waals surface area contributed by atoms with Crippen LogP contribution < -0.4 is 5.32 Å². The van der Waals surface area contributed by atoms with E-state index in [4.69, 9.17) is 23.2 Å². The van der Waals surface area contributed by atoms with Crippen LogP contribution in [0.15, 0.2) is 46.9 Å². The van der Waals surface area contributed by atoms with Gasteiger partial charge in [-0.3, -0.25) is 4.79 Å². The smallest absolute Gasteiger partial charge is 0.225 e. The normalized spacial score (nSPS) is 10.8. The number of carbonyl (C=O) groups excluding carboxylic acids is 1. The summed E-state index contributed by atoms with van der Waals surface area (Å²) >= 11 is 15.6. The highest BCUT2D eigenvalue weighted by Gasteiger charge is 2.11. The Morgan fingerprint density at radius 3 is 2.43 bits per heavy atom. The Kier molecular flexibility index (Phi) is 6.90. The molecule has 0 fully saturated rings. The van der Waals surface area contributed by atoms with Gasteiger partial charge in [0.05, 0.1) is 15.7 Å². The zero-order chi connectivity index (χ0) is 16.8. The maximum absolute atomic E-state index is 12.1. The van der Waals surface area contributed by atoms with E-state index in [9.17, 15) is 4.79 Å². The third kappa shape index (κ3) is 5.50. The Bertz CT molecular complexity index is 674. The molecule has 0 radical (unpaired) electrons. The Morgan fingerprint density at radius 2 is 1.78 bits per heavy atom. The fourth-order valence-electron chi connectivity index (χ4n) is 2.11. The van der Waals surface area contributed by atoms with Crippen molar-refractivity contribution in [3.05, 3.63) is 62.5 Å². The molecule has 2 aromatic carbocycles. The van der Waals surface area contributed by atoms with Crippen LogP contribution in [0.2, 0.25) is 10.0 Å². The van der Waals surface area contributed by atoms with Gasteiger partial charge in [0, 0.05) is 24.0 Å². The Balaban J connectivity index is 1.86. The lowest BCUT2D eigenvalue weighted by atomic mass is 10.2. The van der Waals surface area contributed by atoms with E-state index in [0.717, 1.165) is 11.0 Å². The number of nitrogens with one attached hydrogen (secondary N) is 1. The first kappa shape index (κ1) is 18.3. The van der Waals surface area contributed by atoms with Crippen LogP contribution in [-0.4, -0.2) is 24.4 Å². The average molecular weight is 416 g/mol. The molecule has 122 valence electrons. The van der Waals surface area contributed by atoms with Gasteiger partial charge in [-0.15, -0.1) is 0 Å². The topological polar surface area (TPSA) is 32.3 Å². The van der Waals surface area contributed by atoms with E-state index in [-0.39, 0.29) is 5.91 Å². The van der Waals surface area contributed by atoms with Gasteiger partial charge in [0.25, 0.3) is 0 Å². The molecule has 0 unspecified atom stereocenters. The highest BCUT2D eigenvalue weighted by Crippen LogP contribution is 2.29. The Hall–Kier alpha value is -1.07. The fourth-order valence-corrected chi connectivity index (χ4v) is 3.01. The molecule has 0 saturated heterocycles. The number of carbonyl (C=O) groups is 1. The summed E-state index contributed by atoms with van der Waals surface area (Å²) in [6, 6.07) is 13.2. The lowest BCUT2D eigenvalue weighted by Gasteiger charge is -2.17. The van der Waals surface area contributed by atoms with Crippen LogP contribution in [0.1, 0.15) is 12.0 Å². The number of para-hydroxylation sites is 1. The largest absolute Gasteiger partial charge is 0.324 e. The first-order valence-corrected chi connectivity index (χ1v) is 8.68. The summed E-state index contributed by atoms with van der Waals surface area (Å²) in [5.41, 5.74) is 1.65. The van der Waals surface area contributed by atoms with Crippen LogP contribution in [0, 0.1) is 0 Å². The molecule has 0 aromatic heterocycles. The minimum absolute atomic E-state index is 0.112. The number of hydrogen-bond acceptors (Lipinski definition) is 2. The van der Waals surface area contributed by atoms with E-state index in [0.29, 0.717) is 28.7 Å². The highest BCUT2D eigenvalue weighted by molar-refractivity contribution is 9.10. The van der Waals surface area contributed by atoms with Gasteiger partial charge in [-0.1, -0.05) is 63.4 Å². The van der Waals surface area contributed by atoms with Gasteiger partial charge < -0.3 is 10.2 Å². The zero-order valence-corrected chi connectivity index (χ0v) is 15.7. The lowest BCUT2D eigenvalue weighted by molar-refractivity contribution is -0.116. The second-order valence-electron chi connectivity index (χ2n) is 5.22. The number of rotatable bonds is 6. The number of halogens is 3. The molecule has 2 aromatic rings. The van der Waals surface area contributed by atoms with Gasteiger partial charge in [0.2, 0.25) is 5.91 Å². The number of nitrogens with zero attached hydrogens (tertiary/aromatic N) is 1. The van der Waals surface area contributed by atoms with Crippen molar-refractivity contribution >= 4 is 50.7 Å². The van der Waals surface area contributed by atoms with Crippen LogP contribution >= 0.6 is 39.1 Å². The quantitative estimate of drug-likeness (QED) is 0.701. The molecule has 1 N–H and O–H groups in total. The molecule has 0 atom stereocenters. The molecular weight excluding hydrogens is 399 g/mol. The van der Waals surface area contributed by atoms with Gasteiger partial charge in [0.15, 0.2) is 0 Å². The van der Waals surface area contributed by atoms with Crippen LogP contribution in [0.5, 0.6) is 0 Å². The van der Waals surface area contributed by atoms with Crippen molar-refractivity contribution in [2.75, 3.05) is 18.9 Å². The second-order valence-corrected chi connectivity index (χ2v) is 6.89. The zero-order valence-electron chi connectivity index (χ0n) is 12.7. The monoisotopic (exact) mass is 414 g/mol. The van der Waals surface area contributed by atoms with Crippen molar-refractivity contribution in [3.8, 4) is 0 Å².